The molecule has 0 saturated heterocycles. The van der Waals surface area contributed by atoms with Crippen molar-refractivity contribution in [2.45, 2.75) is 27.7 Å². The predicted molar refractivity (Wildman–Crippen MR) is 100.0 cm³/mol. The van der Waals surface area contributed by atoms with Gasteiger partial charge in [0.05, 0.1) is 15.6 Å². The largest absolute Gasteiger partial charge is 0.352 e. The summed E-state index contributed by atoms with van der Waals surface area (Å²) in [6.45, 7) is 8.28. The lowest BCUT2D eigenvalue weighted by atomic mass is 10.1. The van der Waals surface area contributed by atoms with E-state index in [-0.39, 0.29) is 5.56 Å². The van der Waals surface area contributed by atoms with Gasteiger partial charge >= 0.3 is 0 Å². The van der Waals surface area contributed by atoms with E-state index in [9.17, 15) is 4.79 Å². The van der Waals surface area contributed by atoms with Crippen LogP contribution in [-0.2, 0) is 7.05 Å². The predicted octanol–water partition coefficient (Wildman–Crippen LogP) is 3.03. The Hall–Kier alpha value is -2.40. The molecule has 0 aliphatic carbocycles. The van der Waals surface area contributed by atoms with Gasteiger partial charge in [-0.15, -0.1) is 0 Å². The van der Waals surface area contributed by atoms with Crippen molar-refractivity contribution in [2.24, 2.45) is 7.05 Å². The molecule has 4 rings (SSSR count). The molecule has 0 atom stereocenters. The minimum Gasteiger partial charge on any atom is -0.352 e. The molecule has 0 bridgehead atoms. The number of fused-ring (bicyclic) bond motifs is 3. The average molecular weight is 337 g/mol. The van der Waals surface area contributed by atoms with Gasteiger partial charge in [0.2, 0.25) is 0 Å². The van der Waals surface area contributed by atoms with Gasteiger partial charge in [-0.1, -0.05) is 11.3 Å². The van der Waals surface area contributed by atoms with Crippen LogP contribution in [0.4, 0.5) is 0 Å². The van der Waals surface area contributed by atoms with Crippen molar-refractivity contribution in [3.05, 3.63) is 61.2 Å². The zero-order valence-corrected chi connectivity index (χ0v) is 15.3. The molecule has 0 N–H and O–H groups in total. The number of aryl methyl sites for hydroxylation is 3. The number of hydrogen-bond donors (Lipinski definition) is 0. The number of thiazole rings is 1. The van der Waals surface area contributed by atoms with E-state index in [0.717, 1.165) is 31.8 Å². The highest BCUT2D eigenvalue weighted by atomic mass is 32.1. The van der Waals surface area contributed by atoms with E-state index < -0.39 is 0 Å². The molecule has 4 nitrogen and oxygen atoms in total. The standard InChI is InChI=1S/C19H19N3OS/c1-10-6-15-16(7-11(10)2)22-18(23)17(24-19(22)20-15)9-14-8-12(3)21(5)13(14)4/h6-9H,1-5H3/b17-9-. The number of rotatable bonds is 1. The lowest BCUT2D eigenvalue weighted by molar-refractivity contribution is 0.843. The molecule has 24 heavy (non-hydrogen) atoms. The van der Waals surface area contributed by atoms with Crippen molar-refractivity contribution >= 4 is 33.4 Å². The van der Waals surface area contributed by atoms with Gasteiger partial charge in [-0.2, -0.15) is 0 Å². The van der Waals surface area contributed by atoms with Crippen LogP contribution < -0.4 is 10.1 Å². The van der Waals surface area contributed by atoms with Gasteiger partial charge in [0.15, 0.2) is 4.96 Å². The highest BCUT2D eigenvalue weighted by molar-refractivity contribution is 7.15. The molecule has 0 unspecified atom stereocenters. The summed E-state index contributed by atoms with van der Waals surface area (Å²) in [6, 6.07) is 6.22. The average Bonchev–Trinajstić information content (AvgIpc) is 3.10. The summed E-state index contributed by atoms with van der Waals surface area (Å²) in [7, 11) is 2.04. The monoisotopic (exact) mass is 337 g/mol. The Labute approximate surface area is 143 Å². The number of aromatic nitrogens is 3. The first-order chi connectivity index (χ1) is 11.4. The maximum absolute atomic E-state index is 12.9. The van der Waals surface area contributed by atoms with E-state index in [1.54, 1.807) is 4.40 Å². The van der Waals surface area contributed by atoms with E-state index in [4.69, 9.17) is 0 Å². The first-order valence-electron chi connectivity index (χ1n) is 7.93. The number of imidazole rings is 1. The van der Waals surface area contributed by atoms with Crippen LogP contribution >= 0.6 is 11.3 Å². The Kier molecular flexibility index (Phi) is 3.18. The SMILES string of the molecule is Cc1cc2nc3s/c(=C\c4cc(C)n(C)c4C)c(=O)n3c2cc1C. The quantitative estimate of drug-likeness (QED) is 0.535. The zero-order valence-electron chi connectivity index (χ0n) is 14.5. The minimum absolute atomic E-state index is 0.0154. The third kappa shape index (κ3) is 2.04. The highest BCUT2D eigenvalue weighted by Crippen LogP contribution is 2.21. The third-order valence-corrected chi connectivity index (χ3v) is 5.92. The number of benzene rings is 1. The van der Waals surface area contributed by atoms with Crippen molar-refractivity contribution in [3.63, 3.8) is 0 Å². The molecule has 0 radical (unpaired) electrons. The Balaban J connectivity index is 2.03. The molecule has 3 aromatic heterocycles. The van der Waals surface area contributed by atoms with Crippen LogP contribution in [0.3, 0.4) is 0 Å². The Morgan fingerprint density at radius 2 is 1.79 bits per heavy atom. The summed E-state index contributed by atoms with van der Waals surface area (Å²) in [4.78, 5) is 18.3. The molecular weight excluding hydrogens is 318 g/mol. The van der Waals surface area contributed by atoms with E-state index >= 15 is 0 Å². The van der Waals surface area contributed by atoms with Gasteiger partial charge in [-0.25, -0.2) is 9.38 Å². The Morgan fingerprint density at radius 1 is 1.08 bits per heavy atom. The summed E-state index contributed by atoms with van der Waals surface area (Å²) < 4.78 is 4.60. The molecule has 0 fully saturated rings. The molecule has 0 amide bonds. The minimum atomic E-state index is 0.0154. The van der Waals surface area contributed by atoms with Crippen LogP contribution in [0.5, 0.6) is 0 Å². The van der Waals surface area contributed by atoms with Gasteiger partial charge in [0, 0.05) is 18.4 Å². The first-order valence-corrected chi connectivity index (χ1v) is 8.75. The van der Waals surface area contributed by atoms with Gasteiger partial charge < -0.3 is 4.57 Å². The smallest absolute Gasteiger partial charge is 0.274 e. The van der Waals surface area contributed by atoms with E-state index in [1.165, 1.54) is 28.2 Å². The molecular formula is C19H19N3OS. The molecule has 122 valence electrons. The van der Waals surface area contributed by atoms with Crippen molar-refractivity contribution in [2.75, 3.05) is 0 Å². The van der Waals surface area contributed by atoms with Crippen molar-refractivity contribution in [1.29, 1.82) is 0 Å². The second-order valence-corrected chi connectivity index (χ2v) is 7.47. The molecule has 3 heterocycles. The Bertz CT molecular complexity index is 1220. The summed E-state index contributed by atoms with van der Waals surface area (Å²) >= 11 is 1.45. The maximum Gasteiger partial charge on any atom is 0.274 e. The van der Waals surface area contributed by atoms with Crippen LogP contribution in [0.2, 0.25) is 0 Å². The van der Waals surface area contributed by atoms with Crippen LogP contribution in [-0.4, -0.2) is 14.0 Å². The summed E-state index contributed by atoms with van der Waals surface area (Å²) in [5.41, 5.74) is 7.61. The normalized spacial score (nSPS) is 12.8. The maximum atomic E-state index is 12.9. The van der Waals surface area contributed by atoms with E-state index in [1.807, 2.05) is 13.1 Å². The lowest BCUT2D eigenvalue weighted by Crippen LogP contribution is -2.22. The second-order valence-electron chi connectivity index (χ2n) is 6.46. The highest BCUT2D eigenvalue weighted by Gasteiger charge is 2.13. The number of hydrogen-bond acceptors (Lipinski definition) is 3. The second kappa shape index (κ2) is 5.05. The molecule has 4 aromatic rings. The van der Waals surface area contributed by atoms with Crippen molar-refractivity contribution in [1.82, 2.24) is 14.0 Å². The topological polar surface area (TPSA) is 39.3 Å². The molecule has 1 aromatic carbocycles. The van der Waals surface area contributed by atoms with Crippen molar-refractivity contribution in [3.8, 4) is 0 Å². The van der Waals surface area contributed by atoms with Crippen LogP contribution in [0, 0.1) is 27.7 Å². The molecule has 0 spiro atoms. The third-order valence-electron chi connectivity index (χ3n) is 4.96. The molecule has 0 aliphatic rings. The van der Waals surface area contributed by atoms with Gasteiger partial charge in [-0.3, -0.25) is 4.79 Å². The van der Waals surface area contributed by atoms with Gasteiger partial charge in [-0.05, 0) is 68.7 Å². The summed E-state index contributed by atoms with van der Waals surface area (Å²) in [6.07, 6.45) is 1.98. The first kappa shape index (κ1) is 15.1. The van der Waals surface area contributed by atoms with E-state index in [0.29, 0.717) is 0 Å². The molecule has 0 aliphatic heterocycles. The van der Waals surface area contributed by atoms with E-state index in [2.05, 4.69) is 55.4 Å². The number of nitrogens with zero attached hydrogens (tertiary/aromatic N) is 3. The molecule has 0 saturated carbocycles. The fourth-order valence-corrected chi connectivity index (χ4v) is 4.07. The van der Waals surface area contributed by atoms with Crippen LogP contribution in [0.1, 0.15) is 28.1 Å². The zero-order chi connectivity index (χ0) is 17.2. The van der Waals surface area contributed by atoms with Crippen LogP contribution in [0.25, 0.3) is 22.1 Å². The lowest BCUT2D eigenvalue weighted by Gasteiger charge is -1.98. The summed E-state index contributed by atoms with van der Waals surface area (Å²) in [5, 5.41) is 0. The molecule has 5 heteroatoms. The fraction of sp³-hybridized carbons (Fsp3) is 0.263. The summed E-state index contributed by atoms with van der Waals surface area (Å²) in [5.74, 6) is 0. The van der Waals surface area contributed by atoms with Gasteiger partial charge in [0.25, 0.3) is 5.56 Å². The van der Waals surface area contributed by atoms with Gasteiger partial charge in [0.1, 0.15) is 0 Å². The Morgan fingerprint density at radius 3 is 2.46 bits per heavy atom. The van der Waals surface area contributed by atoms with Crippen LogP contribution in [0.15, 0.2) is 23.0 Å². The fourth-order valence-electron chi connectivity index (χ4n) is 3.09. The van der Waals surface area contributed by atoms with Crippen molar-refractivity contribution < 1.29 is 0 Å².